The standard InChI is InChI=1S/C27H23N3O3/c1-16(2)19-9-11-20(12-10-19)24-23(25(31)21-7-4-17(3)5-8-21)26(32)27(33)30(24)22-13-6-18(14-28)15-29-22/h4-13,15-16,24,31H,1-3H3. The second-order valence-corrected chi connectivity index (χ2v) is 8.37. The zero-order valence-corrected chi connectivity index (χ0v) is 18.6. The van der Waals surface area contributed by atoms with Gasteiger partial charge in [0.15, 0.2) is 0 Å². The molecule has 0 bridgehead atoms. The second-order valence-electron chi connectivity index (χ2n) is 8.37. The van der Waals surface area contributed by atoms with Crippen molar-refractivity contribution in [3.8, 4) is 6.07 Å². The third-order valence-electron chi connectivity index (χ3n) is 5.81. The number of hydrogen-bond acceptors (Lipinski definition) is 5. The largest absolute Gasteiger partial charge is 0.507 e. The van der Waals surface area contributed by atoms with Crippen molar-refractivity contribution in [2.75, 3.05) is 4.90 Å². The van der Waals surface area contributed by atoms with Gasteiger partial charge in [-0.2, -0.15) is 5.26 Å². The van der Waals surface area contributed by atoms with E-state index in [0.29, 0.717) is 22.6 Å². The highest BCUT2D eigenvalue weighted by molar-refractivity contribution is 6.51. The Labute approximate surface area is 192 Å². The number of nitriles is 1. The van der Waals surface area contributed by atoms with Crippen LogP contribution in [-0.2, 0) is 9.59 Å². The number of anilines is 1. The van der Waals surface area contributed by atoms with Crippen molar-refractivity contribution in [1.29, 1.82) is 5.26 Å². The van der Waals surface area contributed by atoms with E-state index in [2.05, 4.69) is 18.8 Å². The molecule has 1 atom stereocenters. The molecule has 0 saturated carbocycles. The molecule has 2 aromatic carbocycles. The molecule has 1 aromatic heterocycles. The number of aryl methyl sites for hydroxylation is 1. The molecule has 1 aliphatic heterocycles. The van der Waals surface area contributed by atoms with Gasteiger partial charge in [-0.1, -0.05) is 67.9 Å². The number of carbonyl (C=O) groups is 2. The van der Waals surface area contributed by atoms with E-state index in [4.69, 9.17) is 5.26 Å². The van der Waals surface area contributed by atoms with Crippen LogP contribution in [0.3, 0.4) is 0 Å². The number of rotatable bonds is 4. The van der Waals surface area contributed by atoms with E-state index < -0.39 is 17.7 Å². The van der Waals surface area contributed by atoms with E-state index in [1.165, 1.54) is 17.2 Å². The fraction of sp³-hybridized carbons (Fsp3) is 0.185. The number of Topliss-reactive ketones (excluding diaryl/α,β-unsaturated/α-hetero) is 1. The minimum Gasteiger partial charge on any atom is -0.507 e. The Morgan fingerprint density at radius 2 is 1.70 bits per heavy atom. The summed E-state index contributed by atoms with van der Waals surface area (Å²) in [6.07, 6.45) is 1.35. The van der Waals surface area contributed by atoms with Crippen LogP contribution >= 0.6 is 0 Å². The van der Waals surface area contributed by atoms with E-state index in [1.807, 2.05) is 49.4 Å². The first-order valence-electron chi connectivity index (χ1n) is 10.7. The summed E-state index contributed by atoms with van der Waals surface area (Å²) in [5, 5.41) is 20.2. The molecule has 1 N–H and O–H groups in total. The summed E-state index contributed by atoms with van der Waals surface area (Å²) in [5.74, 6) is -1.24. The molecule has 164 valence electrons. The number of carbonyl (C=O) groups excluding carboxylic acids is 2. The van der Waals surface area contributed by atoms with E-state index in [-0.39, 0.29) is 17.2 Å². The number of nitrogens with zero attached hydrogens (tertiary/aromatic N) is 3. The Morgan fingerprint density at radius 3 is 2.24 bits per heavy atom. The van der Waals surface area contributed by atoms with Gasteiger partial charge in [-0.3, -0.25) is 14.5 Å². The quantitative estimate of drug-likeness (QED) is 0.352. The van der Waals surface area contributed by atoms with Crippen molar-refractivity contribution in [1.82, 2.24) is 4.98 Å². The van der Waals surface area contributed by atoms with Gasteiger partial charge in [0, 0.05) is 11.8 Å². The molecule has 1 fully saturated rings. The summed E-state index contributed by atoms with van der Waals surface area (Å²) in [7, 11) is 0. The van der Waals surface area contributed by atoms with Crippen molar-refractivity contribution >= 4 is 23.3 Å². The highest BCUT2D eigenvalue weighted by Gasteiger charge is 2.47. The normalized spacial score (nSPS) is 17.4. The van der Waals surface area contributed by atoms with Gasteiger partial charge in [0.05, 0.1) is 17.2 Å². The third kappa shape index (κ3) is 4.01. The fourth-order valence-electron chi connectivity index (χ4n) is 3.91. The maximum Gasteiger partial charge on any atom is 0.301 e. The van der Waals surface area contributed by atoms with Gasteiger partial charge >= 0.3 is 5.91 Å². The maximum absolute atomic E-state index is 13.2. The summed E-state index contributed by atoms with van der Waals surface area (Å²) >= 11 is 0. The molecule has 1 saturated heterocycles. The Hall–Kier alpha value is -4.24. The van der Waals surface area contributed by atoms with Gasteiger partial charge in [-0.15, -0.1) is 0 Å². The second kappa shape index (κ2) is 8.71. The van der Waals surface area contributed by atoms with E-state index in [1.54, 1.807) is 18.2 Å². The zero-order chi connectivity index (χ0) is 23.7. The molecule has 1 unspecified atom stereocenters. The van der Waals surface area contributed by atoms with Crippen LogP contribution in [0.4, 0.5) is 5.82 Å². The van der Waals surface area contributed by atoms with Crippen LogP contribution < -0.4 is 4.90 Å². The Morgan fingerprint density at radius 1 is 1.03 bits per heavy atom. The molecule has 33 heavy (non-hydrogen) atoms. The van der Waals surface area contributed by atoms with E-state index in [9.17, 15) is 14.7 Å². The molecular weight excluding hydrogens is 414 g/mol. The summed E-state index contributed by atoms with van der Waals surface area (Å²) in [5.41, 5.74) is 3.61. The van der Waals surface area contributed by atoms with Crippen molar-refractivity contribution in [2.45, 2.75) is 32.7 Å². The van der Waals surface area contributed by atoms with Crippen LogP contribution in [0.25, 0.3) is 5.76 Å². The zero-order valence-electron chi connectivity index (χ0n) is 18.6. The summed E-state index contributed by atoms with van der Waals surface area (Å²) in [4.78, 5) is 31.8. The number of ketones is 1. The van der Waals surface area contributed by atoms with Crippen LogP contribution in [0, 0.1) is 18.3 Å². The van der Waals surface area contributed by atoms with Gasteiger partial charge in [0.25, 0.3) is 5.78 Å². The van der Waals surface area contributed by atoms with E-state index >= 15 is 0 Å². The molecule has 6 nitrogen and oxygen atoms in total. The number of aliphatic hydroxyl groups excluding tert-OH is 1. The van der Waals surface area contributed by atoms with Crippen LogP contribution in [-0.4, -0.2) is 21.8 Å². The highest BCUT2D eigenvalue weighted by atomic mass is 16.3. The minimum absolute atomic E-state index is 0.00677. The number of benzene rings is 2. The molecule has 4 rings (SSSR count). The van der Waals surface area contributed by atoms with Gasteiger partial charge in [0.1, 0.15) is 17.6 Å². The summed E-state index contributed by atoms with van der Waals surface area (Å²) in [6, 6.07) is 19.0. The Bertz CT molecular complexity index is 1280. The Balaban J connectivity index is 1.91. The van der Waals surface area contributed by atoms with Crippen molar-refractivity contribution in [3.63, 3.8) is 0 Å². The van der Waals surface area contributed by atoms with Crippen molar-refractivity contribution < 1.29 is 14.7 Å². The molecule has 3 aromatic rings. The number of aromatic nitrogens is 1. The lowest BCUT2D eigenvalue weighted by molar-refractivity contribution is -0.132. The minimum atomic E-state index is -0.854. The molecule has 0 radical (unpaired) electrons. The number of pyridine rings is 1. The third-order valence-corrected chi connectivity index (χ3v) is 5.81. The predicted molar refractivity (Wildman–Crippen MR) is 125 cm³/mol. The molecule has 1 amide bonds. The molecule has 1 aliphatic rings. The first kappa shape index (κ1) is 22.0. The van der Waals surface area contributed by atoms with Crippen molar-refractivity contribution in [2.24, 2.45) is 0 Å². The topological polar surface area (TPSA) is 94.3 Å². The fourth-order valence-corrected chi connectivity index (χ4v) is 3.91. The lowest BCUT2D eigenvalue weighted by atomic mass is 9.93. The van der Waals surface area contributed by atoms with Crippen LogP contribution in [0.15, 0.2) is 72.4 Å². The molecule has 0 aliphatic carbocycles. The molecule has 2 heterocycles. The van der Waals surface area contributed by atoms with Crippen LogP contribution in [0.2, 0.25) is 0 Å². The number of aliphatic hydroxyl groups is 1. The molecule has 0 spiro atoms. The first-order chi connectivity index (χ1) is 15.8. The van der Waals surface area contributed by atoms with Gasteiger partial charge in [-0.25, -0.2) is 4.98 Å². The number of hydrogen-bond donors (Lipinski definition) is 1. The molecule has 6 heteroatoms. The van der Waals surface area contributed by atoms with Crippen LogP contribution in [0.5, 0.6) is 0 Å². The average molecular weight is 437 g/mol. The predicted octanol–water partition coefficient (Wildman–Crippen LogP) is 5.01. The molecular formula is C27H23N3O3. The van der Waals surface area contributed by atoms with Gasteiger partial charge in [0.2, 0.25) is 0 Å². The Kier molecular flexibility index (Phi) is 5.80. The summed E-state index contributed by atoms with van der Waals surface area (Å²) in [6.45, 7) is 6.09. The van der Waals surface area contributed by atoms with Crippen molar-refractivity contribution in [3.05, 3.63) is 100 Å². The lowest BCUT2D eigenvalue weighted by Crippen LogP contribution is -2.30. The SMILES string of the molecule is Cc1ccc(C(O)=C2C(=O)C(=O)N(c3ccc(C#N)cn3)C2c2ccc(C(C)C)cc2)cc1. The number of amides is 1. The smallest absolute Gasteiger partial charge is 0.301 e. The average Bonchev–Trinajstić information content (AvgIpc) is 3.09. The van der Waals surface area contributed by atoms with Gasteiger partial charge < -0.3 is 5.11 Å². The highest BCUT2D eigenvalue weighted by Crippen LogP contribution is 2.41. The summed E-state index contributed by atoms with van der Waals surface area (Å²) < 4.78 is 0. The van der Waals surface area contributed by atoms with Crippen LogP contribution in [0.1, 0.15) is 53.6 Å². The lowest BCUT2D eigenvalue weighted by Gasteiger charge is -2.25. The van der Waals surface area contributed by atoms with Gasteiger partial charge in [-0.05, 0) is 36.1 Å². The monoisotopic (exact) mass is 437 g/mol. The maximum atomic E-state index is 13.2. The first-order valence-corrected chi connectivity index (χ1v) is 10.7. The van der Waals surface area contributed by atoms with E-state index in [0.717, 1.165) is 11.1 Å².